The number of aromatic nitrogens is 1. The first kappa shape index (κ1) is 10.1. The van der Waals surface area contributed by atoms with Gasteiger partial charge in [-0.2, -0.15) is 0 Å². The van der Waals surface area contributed by atoms with Crippen LogP contribution in [0.5, 0.6) is 0 Å². The van der Waals surface area contributed by atoms with Crippen LogP contribution >= 0.6 is 38.9 Å². The van der Waals surface area contributed by atoms with Gasteiger partial charge in [-0.1, -0.05) is 30.3 Å². The highest BCUT2D eigenvalue weighted by Gasteiger charge is 2.09. The van der Waals surface area contributed by atoms with E-state index in [0.29, 0.717) is 5.88 Å². The molecule has 14 heavy (non-hydrogen) atoms. The van der Waals surface area contributed by atoms with E-state index in [-0.39, 0.29) is 0 Å². The van der Waals surface area contributed by atoms with Crippen molar-refractivity contribution in [1.29, 1.82) is 0 Å². The van der Waals surface area contributed by atoms with Gasteiger partial charge in [0.2, 0.25) is 0 Å². The van der Waals surface area contributed by atoms with Crippen molar-refractivity contribution >= 4 is 38.9 Å². The first-order valence-electron chi connectivity index (χ1n) is 4.08. The molecular formula is C10H7BrClNS. The third-order valence-electron chi connectivity index (χ3n) is 1.83. The summed E-state index contributed by atoms with van der Waals surface area (Å²) in [4.78, 5) is 5.45. The number of halogens is 2. The van der Waals surface area contributed by atoms with E-state index < -0.39 is 0 Å². The van der Waals surface area contributed by atoms with Crippen LogP contribution in [0.15, 0.2) is 34.2 Å². The van der Waals surface area contributed by atoms with Crippen LogP contribution in [0.25, 0.3) is 10.4 Å². The molecule has 1 aromatic heterocycles. The second-order valence-electron chi connectivity index (χ2n) is 2.74. The van der Waals surface area contributed by atoms with Gasteiger partial charge in [0.05, 0.1) is 16.5 Å². The van der Waals surface area contributed by atoms with Gasteiger partial charge in [0, 0.05) is 0 Å². The third-order valence-corrected chi connectivity index (χ3v) is 3.69. The molecule has 4 heteroatoms. The minimum atomic E-state index is 0.451. The number of hydrogen-bond acceptors (Lipinski definition) is 2. The molecule has 2 rings (SSSR count). The van der Waals surface area contributed by atoms with Crippen molar-refractivity contribution in [1.82, 2.24) is 4.98 Å². The topological polar surface area (TPSA) is 12.9 Å². The van der Waals surface area contributed by atoms with Crippen LogP contribution in [0.1, 0.15) is 5.69 Å². The fraction of sp³-hybridized carbons (Fsp3) is 0.100. The van der Waals surface area contributed by atoms with Crippen molar-refractivity contribution in [3.63, 3.8) is 0 Å². The molecule has 0 saturated carbocycles. The first-order chi connectivity index (χ1) is 6.81. The van der Waals surface area contributed by atoms with Crippen LogP contribution in [0.4, 0.5) is 0 Å². The van der Waals surface area contributed by atoms with E-state index in [1.165, 1.54) is 5.56 Å². The maximum absolute atomic E-state index is 5.82. The molecule has 0 aliphatic heterocycles. The van der Waals surface area contributed by atoms with Gasteiger partial charge in [0.1, 0.15) is 0 Å². The molecule has 0 amide bonds. The van der Waals surface area contributed by atoms with Gasteiger partial charge in [0.15, 0.2) is 3.92 Å². The third kappa shape index (κ3) is 2.00. The van der Waals surface area contributed by atoms with E-state index in [2.05, 4.69) is 33.0 Å². The number of hydrogen-bond donors (Lipinski definition) is 0. The van der Waals surface area contributed by atoms with Gasteiger partial charge in [-0.05, 0) is 21.5 Å². The standard InChI is InChI=1S/C10H7BrClNS/c11-10-13-8(6-12)9(14-10)7-4-2-1-3-5-7/h1-5H,6H2. The molecule has 1 aromatic carbocycles. The van der Waals surface area contributed by atoms with E-state index in [1.807, 2.05) is 18.2 Å². The number of thiazole rings is 1. The Morgan fingerprint density at radius 2 is 2.00 bits per heavy atom. The lowest BCUT2D eigenvalue weighted by Gasteiger charge is -1.97. The molecule has 1 nitrogen and oxygen atoms in total. The van der Waals surface area contributed by atoms with Gasteiger partial charge >= 0.3 is 0 Å². The lowest BCUT2D eigenvalue weighted by molar-refractivity contribution is 1.21. The maximum Gasteiger partial charge on any atom is 0.159 e. The molecule has 0 aliphatic carbocycles. The summed E-state index contributed by atoms with van der Waals surface area (Å²) in [6, 6.07) is 10.2. The fourth-order valence-corrected chi connectivity index (χ4v) is 3.01. The summed E-state index contributed by atoms with van der Waals surface area (Å²) in [5.41, 5.74) is 2.11. The van der Waals surface area contributed by atoms with E-state index in [1.54, 1.807) is 11.3 Å². The molecule has 0 atom stereocenters. The highest BCUT2D eigenvalue weighted by molar-refractivity contribution is 9.11. The first-order valence-corrected chi connectivity index (χ1v) is 6.22. The second-order valence-corrected chi connectivity index (χ2v) is 5.28. The predicted molar refractivity (Wildman–Crippen MR) is 64.8 cm³/mol. The van der Waals surface area contributed by atoms with Gasteiger partial charge in [-0.3, -0.25) is 0 Å². The van der Waals surface area contributed by atoms with Crippen molar-refractivity contribution in [2.45, 2.75) is 5.88 Å². The van der Waals surface area contributed by atoms with Crippen LogP contribution < -0.4 is 0 Å². The minimum absolute atomic E-state index is 0.451. The van der Waals surface area contributed by atoms with E-state index >= 15 is 0 Å². The number of alkyl halides is 1. The molecule has 0 unspecified atom stereocenters. The van der Waals surface area contributed by atoms with Crippen LogP contribution in [-0.4, -0.2) is 4.98 Å². The zero-order valence-corrected chi connectivity index (χ0v) is 10.4. The zero-order chi connectivity index (χ0) is 9.97. The Labute approximate surface area is 99.9 Å². The summed E-state index contributed by atoms with van der Waals surface area (Å²) in [6.07, 6.45) is 0. The average molecular weight is 289 g/mol. The number of benzene rings is 1. The zero-order valence-electron chi connectivity index (χ0n) is 7.21. The Balaban J connectivity index is 2.51. The minimum Gasteiger partial charge on any atom is -0.232 e. The molecule has 0 spiro atoms. The van der Waals surface area contributed by atoms with Crippen molar-refractivity contribution in [3.8, 4) is 10.4 Å². The van der Waals surface area contributed by atoms with Crippen LogP contribution in [-0.2, 0) is 5.88 Å². The lowest BCUT2D eigenvalue weighted by atomic mass is 10.2. The number of rotatable bonds is 2. The number of nitrogens with zero attached hydrogens (tertiary/aromatic N) is 1. The van der Waals surface area contributed by atoms with E-state index in [4.69, 9.17) is 11.6 Å². The maximum atomic E-state index is 5.82. The normalized spacial score (nSPS) is 10.4. The summed E-state index contributed by atoms with van der Waals surface area (Å²) in [6.45, 7) is 0. The quantitative estimate of drug-likeness (QED) is 0.750. The molecule has 0 bridgehead atoms. The Hall–Kier alpha value is -0.380. The summed E-state index contributed by atoms with van der Waals surface area (Å²) < 4.78 is 0.881. The van der Waals surface area contributed by atoms with Crippen LogP contribution in [0, 0.1) is 0 Å². The molecule has 0 fully saturated rings. The molecule has 2 aromatic rings. The van der Waals surface area contributed by atoms with Crippen molar-refractivity contribution in [2.24, 2.45) is 0 Å². The average Bonchev–Trinajstić information content (AvgIpc) is 2.61. The highest BCUT2D eigenvalue weighted by atomic mass is 79.9. The largest absolute Gasteiger partial charge is 0.232 e. The van der Waals surface area contributed by atoms with Crippen LogP contribution in [0.3, 0.4) is 0 Å². The summed E-state index contributed by atoms with van der Waals surface area (Å²) in [5, 5.41) is 0. The van der Waals surface area contributed by atoms with Crippen molar-refractivity contribution < 1.29 is 0 Å². The SMILES string of the molecule is ClCc1nc(Br)sc1-c1ccccc1. The Kier molecular flexibility index (Phi) is 3.21. The van der Waals surface area contributed by atoms with Crippen LogP contribution in [0.2, 0.25) is 0 Å². The summed E-state index contributed by atoms with van der Waals surface area (Å²) in [7, 11) is 0. The van der Waals surface area contributed by atoms with Gasteiger partial charge in [-0.15, -0.1) is 22.9 Å². The summed E-state index contributed by atoms with van der Waals surface area (Å²) in [5.74, 6) is 0.451. The Morgan fingerprint density at radius 3 is 2.64 bits per heavy atom. The molecule has 0 aliphatic rings. The predicted octanol–water partition coefficient (Wildman–Crippen LogP) is 4.31. The van der Waals surface area contributed by atoms with Gasteiger partial charge in [-0.25, -0.2) is 4.98 Å². The Morgan fingerprint density at radius 1 is 1.29 bits per heavy atom. The van der Waals surface area contributed by atoms with Crippen molar-refractivity contribution in [2.75, 3.05) is 0 Å². The molecule has 0 radical (unpaired) electrons. The molecule has 1 heterocycles. The monoisotopic (exact) mass is 287 g/mol. The summed E-state index contributed by atoms with van der Waals surface area (Å²) >= 11 is 10.8. The van der Waals surface area contributed by atoms with Crippen molar-refractivity contribution in [3.05, 3.63) is 39.9 Å². The molecule has 72 valence electrons. The Bertz CT molecular complexity index is 427. The van der Waals surface area contributed by atoms with Gasteiger partial charge in [0.25, 0.3) is 0 Å². The molecule has 0 N–H and O–H groups in total. The smallest absolute Gasteiger partial charge is 0.159 e. The molecular weight excluding hydrogens is 282 g/mol. The molecule has 0 saturated heterocycles. The lowest BCUT2D eigenvalue weighted by Crippen LogP contribution is -1.81. The van der Waals surface area contributed by atoms with Gasteiger partial charge < -0.3 is 0 Å². The fourth-order valence-electron chi connectivity index (χ4n) is 1.23. The van der Waals surface area contributed by atoms with E-state index in [9.17, 15) is 0 Å². The highest BCUT2D eigenvalue weighted by Crippen LogP contribution is 2.33. The second kappa shape index (κ2) is 4.43. The van der Waals surface area contributed by atoms with E-state index in [0.717, 1.165) is 14.5 Å².